The summed E-state index contributed by atoms with van der Waals surface area (Å²) in [4.78, 5) is 33.4. The molecular formula is C24H23BCl3N4O2+. The van der Waals surface area contributed by atoms with E-state index in [0.717, 1.165) is 5.71 Å². The topological polar surface area (TPSA) is 64.8 Å². The maximum Gasteiger partial charge on any atom is 0.419 e. The number of amides is 2. The summed E-state index contributed by atoms with van der Waals surface area (Å²) >= 11 is 18.6. The number of nitrogens with one attached hydrogen (secondary N) is 1. The molecule has 1 N–H and O–H groups in total. The molecule has 2 heterocycles. The summed E-state index contributed by atoms with van der Waals surface area (Å²) in [5.41, 5.74) is 2.22. The molecule has 174 valence electrons. The fourth-order valence-corrected chi connectivity index (χ4v) is 4.81. The third-order valence-electron chi connectivity index (χ3n) is 5.89. The highest BCUT2D eigenvalue weighted by Crippen LogP contribution is 2.33. The number of aliphatic imine (C=N–C) groups is 1. The minimum atomic E-state index is -0.427. The lowest BCUT2D eigenvalue weighted by atomic mass is 9.87. The Labute approximate surface area is 215 Å². The van der Waals surface area contributed by atoms with E-state index < -0.39 is 12.0 Å². The Kier molecular flexibility index (Phi) is 7.08. The van der Waals surface area contributed by atoms with Crippen LogP contribution >= 0.6 is 34.8 Å². The standard InChI is InChI=1S/C24H23BCl3N4O2/c1-12(2)29-24-30-20-11-31(22(33)14-4-6-17(26)18(27)9-14)13(3)8-16(20)23(34)32(24)21-7-5-15(25)10-19(21)28/h4-7,9-10,12,16,20H,8,11H2,1-3H3,(H,29,30)/q+1. The van der Waals surface area contributed by atoms with Crippen molar-refractivity contribution in [3.05, 3.63) is 57.0 Å². The van der Waals surface area contributed by atoms with E-state index in [1.807, 2.05) is 20.8 Å². The summed E-state index contributed by atoms with van der Waals surface area (Å²) in [6.07, 6.45) is 0.387. The summed E-state index contributed by atoms with van der Waals surface area (Å²) in [7, 11) is 5.85. The molecule has 2 amide bonds. The molecule has 0 fully saturated rings. The Bertz CT molecular complexity index is 1240. The molecule has 0 aromatic heterocycles. The molecule has 10 heteroatoms. The van der Waals surface area contributed by atoms with Gasteiger partial charge in [-0.3, -0.25) is 4.79 Å². The molecule has 0 bridgehead atoms. The summed E-state index contributed by atoms with van der Waals surface area (Å²) in [6.45, 7) is 6.04. The minimum Gasteiger partial charge on any atom is -0.353 e. The highest BCUT2D eigenvalue weighted by molar-refractivity contribution is 6.42. The van der Waals surface area contributed by atoms with Crippen LogP contribution in [0.3, 0.4) is 0 Å². The number of hydrogen-bond donors (Lipinski definition) is 1. The quantitative estimate of drug-likeness (QED) is 0.498. The smallest absolute Gasteiger partial charge is 0.353 e. The van der Waals surface area contributed by atoms with Gasteiger partial charge in [-0.1, -0.05) is 46.3 Å². The third-order valence-corrected chi connectivity index (χ3v) is 6.93. The van der Waals surface area contributed by atoms with Crippen LogP contribution in [0.2, 0.25) is 15.1 Å². The second kappa shape index (κ2) is 9.72. The molecule has 2 aliphatic rings. The first-order valence-corrected chi connectivity index (χ1v) is 12.0. The van der Waals surface area contributed by atoms with Crippen LogP contribution in [0.4, 0.5) is 5.69 Å². The molecule has 4 rings (SSSR count). The molecule has 0 saturated heterocycles. The summed E-state index contributed by atoms with van der Waals surface area (Å²) in [6, 6.07) is 9.42. The van der Waals surface area contributed by atoms with Crippen LogP contribution in [0.1, 0.15) is 37.6 Å². The molecular weight excluding hydrogens is 493 g/mol. The Balaban J connectivity index is 1.71. The van der Waals surface area contributed by atoms with Crippen LogP contribution in [-0.4, -0.2) is 54.5 Å². The van der Waals surface area contributed by atoms with Crippen molar-refractivity contribution in [2.45, 2.75) is 39.3 Å². The van der Waals surface area contributed by atoms with Crippen LogP contribution in [-0.2, 0) is 4.79 Å². The van der Waals surface area contributed by atoms with Gasteiger partial charge in [0.2, 0.25) is 11.9 Å². The first-order chi connectivity index (χ1) is 16.1. The maximum absolute atomic E-state index is 13.7. The fraction of sp³-hybridized carbons (Fsp3) is 0.333. The monoisotopic (exact) mass is 515 g/mol. The van der Waals surface area contributed by atoms with Crippen molar-refractivity contribution in [3.63, 3.8) is 0 Å². The number of anilines is 1. The van der Waals surface area contributed by atoms with E-state index in [4.69, 9.17) is 47.6 Å². The van der Waals surface area contributed by atoms with E-state index in [1.54, 1.807) is 41.0 Å². The van der Waals surface area contributed by atoms with E-state index >= 15 is 0 Å². The van der Waals surface area contributed by atoms with Gasteiger partial charge < -0.3 is 5.32 Å². The van der Waals surface area contributed by atoms with E-state index in [0.29, 0.717) is 44.2 Å². The summed E-state index contributed by atoms with van der Waals surface area (Å²) in [5, 5.41) is 4.31. The van der Waals surface area contributed by atoms with Gasteiger partial charge in [0.05, 0.1) is 32.2 Å². The zero-order valence-electron chi connectivity index (χ0n) is 19.0. The molecule has 2 unspecified atom stereocenters. The molecule has 2 aromatic carbocycles. The van der Waals surface area contributed by atoms with Crippen LogP contribution in [0.5, 0.6) is 0 Å². The number of carbonyl (C=O) groups is 2. The Morgan fingerprint density at radius 3 is 2.53 bits per heavy atom. The normalized spacial score (nSPS) is 20.4. The van der Waals surface area contributed by atoms with Gasteiger partial charge in [0.15, 0.2) is 12.3 Å². The number of benzene rings is 2. The lowest BCUT2D eigenvalue weighted by Gasteiger charge is -2.38. The molecule has 0 aliphatic carbocycles. The van der Waals surface area contributed by atoms with E-state index in [1.165, 1.54) is 4.90 Å². The van der Waals surface area contributed by atoms with Gasteiger partial charge in [-0.05, 0) is 44.2 Å². The lowest BCUT2D eigenvalue weighted by Crippen LogP contribution is -2.59. The minimum absolute atomic E-state index is 0.0176. The lowest BCUT2D eigenvalue weighted by molar-refractivity contribution is -0.440. The Morgan fingerprint density at radius 1 is 1.15 bits per heavy atom. The predicted molar refractivity (Wildman–Crippen MR) is 139 cm³/mol. The predicted octanol–water partition coefficient (Wildman–Crippen LogP) is 3.84. The van der Waals surface area contributed by atoms with Gasteiger partial charge in [-0.15, -0.1) is 0 Å². The van der Waals surface area contributed by atoms with Gasteiger partial charge in [0.1, 0.15) is 13.9 Å². The number of nitrogens with zero attached hydrogens (tertiary/aromatic N) is 3. The molecule has 2 atom stereocenters. The number of carbonyl (C=O) groups excluding carboxylic acids is 2. The van der Waals surface area contributed by atoms with Crippen molar-refractivity contribution < 1.29 is 14.2 Å². The molecule has 2 aliphatic heterocycles. The second-order valence-electron chi connectivity index (χ2n) is 8.79. The number of hydrogen-bond acceptors (Lipinski definition) is 4. The van der Waals surface area contributed by atoms with Crippen molar-refractivity contribution in [1.82, 2.24) is 5.32 Å². The van der Waals surface area contributed by atoms with Gasteiger partial charge in [-0.2, -0.15) is 4.58 Å². The number of halogens is 3. The van der Waals surface area contributed by atoms with Crippen molar-refractivity contribution >= 4 is 77.3 Å². The van der Waals surface area contributed by atoms with E-state index in [-0.39, 0.29) is 24.4 Å². The van der Waals surface area contributed by atoms with Crippen LogP contribution < -0.4 is 15.7 Å². The number of rotatable bonds is 3. The highest BCUT2D eigenvalue weighted by Gasteiger charge is 2.47. The SMILES string of the molecule is [B]c1ccc(N2C(=O)C3CC(C)=[N+](C(=O)c4ccc(Cl)c(Cl)c4)CC3N=C2NC(C)C)c(Cl)c1. The van der Waals surface area contributed by atoms with Gasteiger partial charge >= 0.3 is 5.91 Å². The summed E-state index contributed by atoms with van der Waals surface area (Å²) < 4.78 is 1.66. The van der Waals surface area contributed by atoms with E-state index in [2.05, 4.69) is 5.32 Å². The van der Waals surface area contributed by atoms with Crippen molar-refractivity contribution in [1.29, 1.82) is 0 Å². The molecule has 2 aromatic rings. The highest BCUT2D eigenvalue weighted by atomic mass is 35.5. The maximum atomic E-state index is 13.7. The zero-order chi connectivity index (χ0) is 24.7. The zero-order valence-corrected chi connectivity index (χ0v) is 21.2. The molecule has 0 spiro atoms. The molecule has 6 nitrogen and oxygen atoms in total. The fourth-order valence-electron chi connectivity index (χ4n) is 4.24. The van der Waals surface area contributed by atoms with Gasteiger partial charge in [-0.25, -0.2) is 14.7 Å². The first-order valence-electron chi connectivity index (χ1n) is 10.9. The summed E-state index contributed by atoms with van der Waals surface area (Å²) in [5.74, 6) is -0.367. The van der Waals surface area contributed by atoms with Crippen molar-refractivity contribution in [2.24, 2.45) is 10.9 Å². The average Bonchev–Trinajstić information content (AvgIpc) is 2.76. The molecule has 0 saturated carbocycles. The number of fused-ring (bicyclic) bond motifs is 1. The van der Waals surface area contributed by atoms with Crippen molar-refractivity contribution in [2.75, 3.05) is 11.4 Å². The van der Waals surface area contributed by atoms with Crippen LogP contribution in [0.25, 0.3) is 0 Å². The Morgan fingerprint density at radius 2 is 1.88 bits per heavy atom. The van der Waals surface area contributed by atoms with E-state index in [9.17, 15) is 9.59 Å². The third kappa shape index (κ3) is 4.74. The Hall–Kier alpha value is -2.35. The molecule has 2 radical (unpaired) electrons. The largest absolute Gasteiger partial charge is 0.419 e. The van der Waals surface area contributed by atoms with Gasteiger partial charge in [0.25, 0.3) is 0 Å². The number of guanidine groups is 1. The molecule has 34 heavy (non-hydrogen) atoms. The van der Waals surface area contributed by atoms with Gasteiger partial charge in [0, 0.05) is 19.4 Å². The first kappa shape index (κ1) is 24.8. The van der Waals surface area contributed by atoms with Crippen LogP contribution in [0.15, 0.2) is 41.4 Å². The second-order valence-corrected chi connectivity index (χ2v) is 10.0. The average molecular weight is 517 g/mol. The van der Waals surface area contributed by atoms with Crippen molar-refractivity contribution in [3.8, 4) is 0 Å². The van der Waals surface area contributed by atoms with Crippen LogP contribution in [0, 0.1) is 5.92 Å².